The molecule has 2 aliphatic heterocycles. The lowest BCUT2D eigenvalue weighted by Crippen LogP contribution is -2.49. The van der Waals surface area contributed by atoms with Crippen LogP contribution in [0.5, 0.6) is 0 Å². The van der Waals surface area contributed by atoms with Gasteiger partial charge in [-0.15, -0.1) is 0 Å². The van der Waals surface area contributed by atoms with E-state index < -0.39 is 11.6 Å². The smallest absolute Gasteiger partial charge is 0.410 e. The third kappa shape index (κ3) is 5.27. The number of hydrogen-bond acceptors (Lipinski definition) is 4. The van der Waals surface area contributed by atoms with Gasteiger partial charge in [-0.1, -0.05) is 43.5 Å². The lowest BCUT2D eigenvalue weighted by molar-refractivity contribution is 0.0139. The first-order valence-corrected chi connectivity index (χ1v) is 16.4. The highest BCUT2D eigenvalue weighted by Gasteiger charge is 2.31. The maximum absolute atomic E-state index is 12.6. The van der Waals surface area contributed by atoms with Gasteiger partial charge in [0.1, 0.15) is 5.60 Å². The van der Waals surface area contributed by atoms with E-state index in [4.69, 9.17) is 4.74 Å². The number of rotatable bonds is 4. The van der Waals surface area contributed by atoms with E-state index in [1.165, 1.54) is 70.8 Å². The fourth-order valence-electron chi connectivity index (χ4n) is 7.82. The van der Waals surface area contributed by atoms with Gasteiger partial charge in [0.15, 0.2) is 0 Å². The number of fused-ring (bicyclic) bond motifs is 4. The van der Waals surface area contributed by atoms with Crippen molar-refractivity contribution in [1.82, 2.24) is 18.9 Å². The molecule has 1 aliphatic carbocycles. The van der Waals surface area contributed by atoms with Gasteiger partial charge in [-0.05, 0) is 69.2 Å². The highest BCUT2D eigenvalue weighted by Crippen LogP contribution is 2.47. The summed E-state index contributed by atoms with van der Waals surface area (Å²) in [6, 6.07) is 12.5. The van der Waals surface area contributed by atoms with Crippen molar-refractivity contribution < 1.29 is 19.4 Å². The second kappa shape index (κ2) is 11.3. The molecular weight excluding hydrogens is 552 g/mol. The van der Waals surface area contributed by atoms with Crippen molar-refractivity contribution >= 4 is 33.9 Å². The molecule has 0 spiro atoms. The summed E-state index contributed by atoms with van der Waals surface area (Å²) in [7, 11) is 0. The first-order chi connectivity index (χ1) is 21.2. The molecule has 0 radical (unpaired) electrons. The van der Waals surface area contributed by atoms with Crippen molar-refractivity contribution in [2.24, 2.45) is 0 Å². The predicted molar refractivity (Wildman–Crippen MR) is 173 cm³/mol. The van der Waals surface area contributed by atoms with Crippen LogP contribution in [-0.4, -0.2) is 67.9 Å². The Kier molecular flexibility index (Phi) is 7.43. The Hall–Kier alpha value is -3.78. The number of nitrogens with zero attached hydrogens (tertiary/aromatic N) is 4. The number of aryl methyl sites for hydroxylation is 2. The van der Waals surface area contributed by atoms with E-state index in [1.54, 1.807) is 6.07 Å². The minimum atomic E-state index is -0.875. The molecule has 8 heteroatoms. The van der Waals surface area contributed by atoms with Crippen LogP contribution >= 0.6 is 0 Å². The second-order valence-corrected chi connectivity index (χ2v) is 13.9. The highest BCUT2D eigenvalue weighted by atomic mass is 16.6. The average molecular weight is 597 g/mol. The van der Waals surface area contributed by atoms with Gasteiger partial charge >= 0.3 is 12.1 Å². The molecular formula is C36H44N4O4. The van der Waals surface area contributed by atoms with Crippen molar-refractivity contribution in [3.8, 4) is 11.3 Å². The molecule has 1 saturated heterocycles. The van der Waals surface area contributed by atoms with E-state index in [0.717, 1.165) is 44.7 Å². The van der Waals surface area contributed by atoms with Crippen LogP contribution in [0.4, 0.5) is 4.79 Å². The number of amides is 1. The summed E-state index contributed by atoms with van der Waals surface area (Å²) in [6.07, 6.45) is 9.26. The molecule has 3 aliphatic rings. The number of aromatic nitrogens is 2. The molecule has 1 N–H and O–H groups in total. The Bertz CT molecular complexity index is 1730. The third-order valence-corrected chi connectivity index (χ3v) is 9.80. The van der Waals surface area contributed by atoms with Crippen LogP contribution in [0.25, 0.3) is 33.1 Å². The summed E-state index contributed by atoms with van der Waals surface area (Å²) >= 11 is 0. The van der Waals surface area contributed by atoms with Crippen molar-refractivity contribution in [3.63, 3.8) is 0 Å². The molecule has 2 aromatic heterocycles. The Morgan fingerprint density at radius 1 is 0.909 bits per heavy atom. The summed E-state index contributed by atoms with van der Waals surface area (Å²) in [5.41, 5.74) is 7.50. The molecule has 44 heavy (non-hydrogen) atoms. The van der Waals surface area contributed by atoms with Crippen LogP contribution in [0.15, 0.2) is 42.6 Å². The number of benzene rings is 2. The van der Waals surface area contributed by atoms with Gasteiger partial charge in [-0.25, -0.2) is 9.59 Å². The first kappa shape index (κ1) is 29.0. The van der Waals surface area contributed by atoms with Crippen LogP contribution in [0.2, 0.25) is 0 Å². The van der Waals surface area contributed by atoms with Crippen molar-refractivity contribution in [2.45, 2.75) is 90.4 Å². The van der Waals surface area contributed by atoms with Crippen LogP contribution in [0, 0.1) is 0 Å². The molecule has 232 valence electrons. The van der Waals surface area contributed by atoms with Crippen LogP contribution < -0.4 is 0 Å². The Balaban J connectivity index is 1.27. The average Bonchev–Trinajstić information content (AvgIpc) is 3.50. The highest BCUT2D eigenvalue weighted by molar-refractivity contribution is 6.03. The summed E-state index contributed by atoms with van der Waals surface area (Å²) in [6.45, 7) is 11.3. The number of carbonyl (C=O) groups is 2. The molecule has 0 unspecified atom stereocenters. The number of ether oxygens (including phenoxy) is 1. The lowest BCUT2D eigenvalue weighted by Gasteiger charge is -2.35. The van der Waals surface area contributed by atoms with Crippen molar-refractivity contribution in [1.29, 1.82) is 0 Å². The molecule has 1 saturated carbocycles. The molecule has 2 fully saturated rings. The number of carboxylic acids is 1. The van der Waals surface area contributed by atoms with Gasteiger partial charge in [0.05, 0.1) is 16.8 Å². The van der Waals surface area contributed by atoms with Gasteiger partial charge < -0.3 is 23.9 Å². The minimum Gasteiger partial charge on any atom is -0.478 e. The van der Waals surface area contributed by atoms with Crippen LogP contribution in [-0.2, 0) is 24.4 Å². The number of piperazine rings is 1. The summed E-state index contributed by atoms with van der Waals surface area (Å²) in [5, 5.41) is 12.3. The first-order valence-electron chi connectivity index (χ1n) is 16.4. The SMILES string of the molecule is CC(C)(C)OC(=O)N1CCN(Cc2cn3c4c(cccc24)-c2c(C4CCCCC4)c4ccc(C(=O)O)cc4n2CCC3)CC1. The van der Waals surface area contributed by atoms with Crippen LogP contribution in [0.1, 0.15) is 86.7 Å². The zero-order chi connectivity index (χ0) is 30.6. The van der Waals surface area contributed by atoms with E-state index in [0.29, 0.717) is 24.6 Å². The monoisotopic (exact) mass is 596 g/mol. The zero-order valence-corrected chi connectivity index (χ0v) is 26.3. The van der Waals surface area contributed by atoms with Gasteiger partial charge in [0.2, 0.25) is 0 Å². The summed E-state index contributed by atoms with van der Waals surface area (Å²) in [5.74, 6) is -0.392. The summed E-state index contributed by atoms with van der Waals surface area (Å²) < 4.78 is 10.5. The predicted octanol–water partition coefficient (Wildman–Crippen LogP) is 7.47. The molecule has 7 rings (SSSR count). The number of aromatic carboxylic acids is 1. The molecule has 4 aromatic rings. The number of para-hydroxylation sites is 1. The number of carboxylic acid groups (broad SMARTS) is 1. The van der Waals surface area contributed by atoms with E-state index in [-0.39, 0.29) is 6.09 Å². The normalized spacial score (nSPS) is 18.3. The number of carbonyl (C=O) groups excluding carboxylic acids is 1. The summed E-state index contributed by atoms with van der Waals surface area (Å²) in [4.78, 5) is 28.9. The van der Waals surface area contributed by atoms with Gasteiger partial charge in [-0.3, -0.25) is 4.90 Å². The van der Waals surface area contributed by atoms with Crippen molar-refractivity contribution in [3.05, 3.63) is 59.3 Å². The van der Waals surface area contributed by atoms with E-state index in [1.807, 2.05) is 31.7 Å². The van der Waals surface area contributed by atoms with E-state index in [2.05, 4.69) is 44.5 Å². The standard InChI is InChI=1S/C36H44N4O4/c1-36(2,3)44-35(43)38-19-17-37(18-20-38)22-26-23-39-15-8-16-40-30-21-25(34(41)42)13-14-28(30)31(24-9-5-4-6-10-24)33(40)29-12-7-11-27(26)32(29)39/h7,11-14,21,23-24H,4-6,8-10,15-20,22H2,1-3H3,(H,41,42). The Morgan fingerprint density at radius 2 is 1.68 bits per heavy atom. The molecule has 1 amide bonds. The fourth-order valence-corrected chi connectivity index (χ4v) is 7.82. The second-order valence-electron chi connectivity index (χ2n) is 13.9. The quantitative estimate of drug-likeness (QED) is 0.264. The zero-order valence-electron chi connectivity index (χ0n) is 26.3. The maximum atomic E-state index is 12.6. The van der Waals surface area contributed by atoms with E-state index in [9.17, 15) is 14.7 Å². The lowest BCUT2D eigenvalue weighted by atomic mass is 9.81. The molecule has 2 aromatic carbocycles. The Labute approximate surface area is 259 Å². The molecule has 0 atom stereocenters. The van der Waals surface area contributed by atoms with Gasteiger partial charge in [0.25, 0.3) is 0 Å². The topological polar surface area (TPSA) is 79.9 Å². The largest absolute Gasteiger partial charge is 0.478 e. The third-order valence-electron chi connectivity index (χ3n) is 9.80. The van der Waals surface area contributed by atoms with E-state index >= 15 is 0 Å². The maximum Gasteiger partial charge on any atom is 0.410 e. The molecule has 8 nitrogen and oxygen atoms in total. The van der Waals surface area contributed by atoms with Crippen LogP contribution in [0.3, 0.4) is 0 Å². The van der Waals surface area contributed by atoms with Crippen molar-refractivity contribution in [2.75, 3.05) is 26.2 Å². The number of hydrogen-bond donors (Lipinski definition) is 1. The van der Waals surface area contributed by atoms with Gasteiger partial charge in [0, 0.05) is 73.9 Å². The molecule has 4 heterocycles. The Morgan fingerprint density at radius 3 is 2.41 bits per heavy atom. The minimum absolute atomic E-state index is 0.226. The molecule has 0 bridgehead atoms. The fraction of sp³-hybridized carbons (Fsp3) is 0.500. The van der Waals surface area contributed by atoms with Gasteiger partial charge in [-0.2, -0.15) is 0 Å².